The Morgan fingerprint density at radius 3 is 2.47 bits per heavy atom. The van der Waals surface area contributed by atoms with Crippen LogP contribution in [0.5, 0.6) is 0 Å². The van der Waals surface area contributed by atoms with E-state index in [4.69, 9.17) is 0 Å². The lowest BCUT2D eigenvalue weighted by Crippen LogP contribution is -2.43. The second kappa shape index (κ2) is 8.18. The molecule has 4 heteroatoms. The molecule has 1 aliphatic heterocycles. The number of nitrogens with zero attached hydrogens (tertiary/aromatic N) is 2. The summed E-state index contributed by atoms with van der Waals surface area (Å²) in [5.41, 5.74) is 1.40. The van der Waals surface area contributed by atoms with Gasteiger partial charge >= 0.3 is 0 Å². The molecule has 0 saturated carbocycles. The van der Waals surface area contributed by atoms with Crippen LogP contribution in [0.15, 0.2) is 30.3 Å². The van der Waals surface area contributed by atoms with Crippen LogP contribution < -0.4 is 0 Å². The van der Waals surface area contributed by atoms with Crippen LogP contribution in [0.2, 0.25) is 0 Å². The van der Waals surface area contributed by atoms with Crippen LogP contribution in [0.4, 0.5) is 0 Å². The average Bonchev–Trinajstić information content (AvgIpc) is 2.46. The topological polar surface area (TPSA) is 23.6 Å². The molecule has 1 amide bonds. The van der Waals surface area contributed by atoms with Crippen molar-refractivity contribution in [1.29, 1.82) is 0 Å². The van der Waals surface area contributed by atoms with E-state index in [1.165, 1.54) is 5.56 Å². The Morgan fingerprint density at radius 2 is 1.89 bits per heavy atom. The van der Waals surface area contributed by atoms with Crippen LogP contribution in [0.25, 0.3) is 0 Å². The van der Waals surface area contributed by atoms with Crippen LogP contribution in [-0.2, 0) is 11.2 Å². The van der Waals surface area contributed by atoms with Crippen LogP contribution >= 0.6 is 12.4 Å². The third-order valence-electron chi connectivity index (χ3n) is 3.87. The van der Waals surface area contributed by atoms with Crippen molar-refractivity contribution in [3.05, 3.63) is 35.9 Å². The number of benzene rings is 1. The van der Waals surface area contributed by atoms with Crippen molar-refractivity contribution in [3.63, 3.8) is 0 Å². The van der Waals surface area contributed by atoms with Gasteiger partial charge < -0.3 is 9.80 Å². The molecule has 0 spiro atoms. The molecule has 0 aromatic heterocycles. The van der Waals surface area contributed by atoms with Gasteiger partial charge in [0, 0.05) is 25.7 Å². The second-order valence-corrected chi connectivity index (χ2v) is 5.09. The Hall–Kier alpha value is -1.06. The van der Waals surface area contributed by atoms with Crippen molar-refractivity contribution in [2.24, 2.45) is 0 Å². The first-order valence-electron chi connectivity index (χ1n) is 6.73. The molecule has 1 aliphatic rings. The first-order chi connectivity index (χ1) is 8.79. The van der Waals surface area contributed by atoms with E-state index in [9.17, 15) is 4.79 Å². The molecule has 0 unspecified atom stereocenters. The molecule has 2 rings (SSSR count). The summed E-state index contributed by atoms with van der Waals surface area (Å²) in [4.78, 5) is 15.0. The van der Waals surface area contributed by atoms with Gasteiger partial charge in [-0.05, 0) is 31.9 Å². The zero-order valence-corrected chi connectivity index (χ0v) is 12.3. The Bertz CT molecular complexity index is 364. The zero-order chi connectivity index (χ0) is 12.8. The molecule has 1 fully saturated rings. The normalized spacial score (nSPS) is 16.2. The van der Waals surface area contributed by atoms with Crippen molar-refractivity contribution in [2.45, 2.75) is 25.3 Å². The number of carbonyl (C=O) groups excluding carboxylic acids is 1. The van der Waals surface area contributed by atoms with Crippen molar-refractivity contribution in [2.75, 3.05) is 26.7 Å². The number of amides is 1. The van der Waals surface area contributed by atoms with Crippen LogP contribution in [-0.4, -0.2) is 48.9 Å². The fourth-order valence-corrected chi connectivity index (χ4v) is 2.56. The Balaban J connectivity index is 0.00000180. The summed E-state index contributed by atoms with van der Waals surface area (Å²) in [6.45, 7) is 2.91. The van der Waals surface area contributed by atoms with Gasteiger partial charge in [0.2, 0.25) is 6.41 Å². The van der Waals surface area contributed by atoms with E-state index in [2.05, 4.69) is 42.3 Å². The highest BCUT2D eigenvalue weighted by Crippen LogP contribution is 2.14. The maximum absolute atomic E-state index is 10.7. The molecule has 1 aromatic rings. The number of halogens is 1. The monoisotopic (exact) mass is 282 g/mol. The standard InChI is InChI=1S/C15H22N2O.ClH/c1-16(10-7-14-5-3-2-4-6-14)15-8-11-17(13-18)12-9-15;/h2-6,13,15H,7-12H2,1H3;1H. The highest BCUT2D eigenvalue weighted by molar-refractivity contribution is 5.85. The first kappa shape index (κ1) is 16.0. The van der Waals surface area contributed by atoms with Gasteiger partial charge in [0.1, 0.15) is 0 Å². The van der Waals surface area contributed by atoms with E-state index >= 15 is 0 Å². The van der Waals surface area contributed by atoms with Gasteiger partial charge in [-0.25, -0.2) is 0 Å². The summed E-state index contributed by atoms with van der Waals surface area (Å²) >= 11 is 0. The van der Waals surface area contributed by atoms with Crippen LogP contribution in [0.3, 0.4) is 0 Å². The van der Waals surface area contributed by atoms with E-state index in [-0.39, 0.29) is 12.4 Å². The molecule has 0 atom stereocenters. The molecule has 0 aliphatic carbocycles. The highest BCUT2D eigenvalue weighted by atomic mass is 35.5. The van der Waals surface area contributed by atoms with Gasteiger partial charge in [-0.15, -0.1) is 12.4 Å². The number of hydrogen-bond acceptors (Lipinski definition) is 2. The molecule has 106 valence electrons. The van der Waals surface area contributed by atoms with Gasteiger partial charge in [-0.1, -0.05) is 30.3 Å². The number of likely N-dealkylation sites (tertiary alicyclic amines) is 1. The second-order valence-electron chi connectivity index (χ2n) is 5.09. The SMILES string of the molecule is CN(CCc1ccccc1)C1CCN(C=O)CC1.Cl. The molecule has 19 heavy (non-hydrogen) atoms. The maximum Gasteiger partial charge on any atom is 0.209 e. The highest BCUT2D eigenvalue weighted by Gasteiger charge is 2.21. The van der Waals surface area contributed by atoms with E-state index in [1.807, 2.05) is 4.90 Å². The van der Waals surface area contributed by atoms with Crippen molar-refractivity contribution < 1.29 is 4.79 Å². The van der Waals surface area contributed by atoms with Crippen molar-refractivity contribution >= 4 is 18.8 Å². The fourth-order valence-electron chi connectivity index (χ4n) is 2.56. The van der Waals surface area contributed by atoms with Gasteiger partial charge in [0.25, 0.3) is 0 Å². The molecular formula is C15H23ClN2O. The summed E-state index contributed by atoms with van der Waals surface area (Å²) in [5, 5.41) is 0. The van der Waals surface area contributed by atoms with Crippen molar-refractivity contribution in [3.8, 4) is 0 Å². The quantitative estimate of drug-likeness (QED) is 0.773. The molecule has 0 N–H and O–H groups in total. The van der Waals surface area contributed by atoms with Gasteiger partial charge in [0.05, 0.1) is 0 Å². The lowest BCUT2D eigenvalue weighted by molar-refractivity contribution is -0.119. The Labute approximate surface area is 122 Å². The molecule has 3 nitrogen and oxygen atoms in total. The minimum atomic E-state index is 0. The minimum Gasteiger partial charge on any atom is -0.345 e. The molecule has 0 bridgehead atoms. The molecule has 0 radical (unpaired) electrons. The Morgan fingerprint density at radius 1 is 1.26 bits per heavy atom. The van der Waals surface area contributed by atoms with Gasteiger partial charge in [-0.2, -0.15) is 0 Å². The molecule has 1 saturated heterocycles. The average molecular weight is 283 g/mol. The number of piperidine rings is 1. The minimum absolute atomic E-state index is 0. The number of rotatable bonds is 5. The molecule has 1 heterocycles. The Kier molecular flexibility index (Phi) is 6.89. The number of likely N-dealkylation sites (N-methyl/N-ethyl adjacent to an activating group) is 1. The fraction of sp³-hybridized carbons (Fsp3) is 0.533. The predicted molar refractivity (Wildman–Crippen MR) is 80.7 cm³/mol. The summed E-state index contributed by atoms with van der Waals surface area (Å²) in [6.07, 6.45) is 4.28. The van der Waals surface area contributed by atoms with E-state index in [0.29, 0.717) is 6.04 Å². The van der Waals surface area contributed by atoms with E-state index < -0.39 is 0 Å². The first-order valence-corrected chi connectivity index (χ1v) is 6.73. The lowest BCUT2D eigenvalue weighted by atomic mass is 10.0. The summed E-state index contributed by atoms with van der Waals surface area (Å²) in [7, 11) is 2.20. The number of carbonyl (C=O) groups is 1. The smallest absolute Gasteiger partial charge is 0.209 e. The van der Waals surface area contributed by atoms with Crippen molar-refractivity contribution in [1.82, 2.24) is 9.80 Å². The third-order valence-corrected chi connectivity index (χ3v) is 3.87. The predicted octanol–water partition coefficient (Wildman–Crippen LogP) is 2.20. The largest absolute Gasteiger partial charge is 0.345 e. The molecule has 1 aromatic carbocycles. The number of hydrogen-bond donors (Lipinski definition) is 0. The van der Waals surface area contributed by atoms with Gasteiger partial charge in [0.15, 0.2) is 0 Å². The van der Waals surface area contributed by atoms with Crippen LogP contribution in [0.1, 0.15) is 18.4 Å². The zero-order valence-electron chi connectivity index (χ0n) is 11.5. The van der Waals surface area contributed by atoms with Gasteiger partial charge in [-0.3, -0.25) is 4.79 Å². The molecular weight excluding hydrogens is 260 g/mol. The maximum atomic E-state index is 10.7. The summed E-state index contributed by atoms with van der Waals surface area (Å²) < 4.78 is 0. The van der Waals surface area contributed by atoms with E-state index in [1.54, 1.807) is 0 Å². The van der Waals surface area contributed by atoms with E-state index in [0.717, 1.165) is 45.3 Å². The third kappa shape index (κ3) is 4.84. The van der Waals surface area contributed by atoms with Crippen LogP contribution in [0, 0.1) is 0 Å². The lowest BCUT2D eigenvalue weighted by Gasteiger charge is -2.35. The summed E-state index contributed by atoms with van der Waals surface area (Å²) in [5.74, 6) is 0. The summed E-state index contributed by atoms with van der Waals surface area (Å²) in [6, 6.07) is 11.2.